The number of halogens is 1. The van der Waals surface area contributed by atoms with E-state index in [9.17, 15) is 4.79 Å². The molecule has 128 valence electrons. The van der Waals surface area contributed by atoms with Gasteiger partial charge in [-0.25, -0.2) is 9.78 Å². The van der Waals surface area contributed by atoms with Crippen molar-refractivity contribution in [2.45, 2.75) is 0 Å². The highest BCUT2D eigenvalue weighted by Gasteiger charge is 2.11. The SMILES string of the molecule is COc1cc(/C=C(\Cl)c2nc3ccccc3o2)ccc1OCC(=O)O. The van der Waals surface area contributed by atoms with Gasteiger partial charge in [-0.15, -0.1) is 0 Å². The zero-order chi connectivity index (χ0) is 17.8. The first-order valence-corrected chi connectivity index (χ1v) is 7.70. The summed E-state index contributed by atoms with van der Waals surface area (Å²) in [5.74, 6) is -0.0184. The number of aromatic nitrogens is 1. The second-order valence-corrected chi connectivity index (χ2v) is 5.48. The number of hydrogen-bond donors (Lipinski definition) is 1. The largest absolute Gasteiger partial charge is 0.493 e. The number of rotatable bonds is 6. The van der Waals surface area contributed by atoms with Gasteiger partial charge in [-0.3, -0.25) is 0 Å². The fourth-order valence-electron chi connectivity index (χ4n) is 2.22. The van der Waals surface area contributed by atoms with Gasteiger partial charge in [0.15, 0.2) is 23.7 Å². The normalized spacial score (nSPS) is 11.5. The number of oxazole rings is 1. The van der Waals surface area contributed by atoms with E-state index in [1.54, 1.807) is 24.3 Å². The van der Waals surface area contributed by atoms with Gasteiger partial charge in [-0.05, 0) is 35.9 Å². The molecule has 0 saturated carbocycles. The maximum absolute atomic E-state index is 10.6. The molecule has 6 nitrogen and oxygen atoms in total. The van der Waals surface area contributed by atoms with Gasteiger partial charge in [0.1, 0.15) is 10.5 Å². The Morgan fingerprint density at radius 3 is 2.80 bits per heavy atom. The molecule has 0 aliphatic rings. The Labute approximate surface area is 148 Å². The third-order valence-corrected chi connectivity index (χ3v) is 3.60. The van der Waals surface area contributed by atoms with Crippen molar-refractivity contribution < 1.29 is 23.8 Å². The Morgan fingerprint density at radius 2 is 2.08 bits per heavy atom. The Kier molecular flexibility index (Phi) is 4.90. The third-order valence-electron chi connectivity index (χ3n) is 3.33. The number of fused-ring (bicyclic) bond motifs is 1. The summed E-state index contributed by atoms with van der Waals surface area (Å²) < 4.78 is 16.0. The summed E-state index contributed by atoms with van der Waals surface area (Å²) in [5.41, 5.74) is 2.10. The number of carboxylic acids is 1. The molecule has 7 heteroatoms. The summed E-state index contributed by atoms with van der Waals surface area (Å²) >= 11 is 6.31. The molecule has 2 aromatic carbocycles. The summed E-state index contributed by atoms with van der Waals surface area (Å²) in [6.45, 7) is -0.449. The van der Waals surface area contributed by atoms with Crippen molar-refractivity contribution in [3.8, 4) is 11.5 Å². The smallest absolute Gasteiger partial charge is 0.341 e. The average molecular weight is 360 g/mol. The zero-order valence-corrected chi connectivity index (χ0v) is 14.0. The lowest BCUT2D eigenvalue weighted by molar-refractivity contribution is -0.139. The van der Waals surface area contributed by atoms with E-state index in [-0.39, 0.29) is 0 Å². The van der Waals surface area contributed by atoms with E-state index in [1.807, 2.05) is 24.3 Å². The molecule has 0 radical (unpaired) electrons. The van der Waals surface area contributed by atoms with Crippen molar-refractivity contribution in [1.82, 2.24) is 4.98 Å². The van der Waals surface area contributed by atoms with E-state index in [0.717, 1.165) is 11.1 Å². The van der Waals surface area contributed by atoms with Gasteiger partial charge in [0, 0.05) is 0 Å². The van der Waals surface area contributed by atoms with Crippen LogP contribution in [0.4, 0.5) is 0 Å². The van der Waals surface area contributed by atoms with Crippen molar-refractivity contribution in [3.63, 3.8) is 0 Å². The van der Waals surface area contributed by atoms with Gasteiger partial charge in [0.25, 0.3) is 0 Å². The quantitative estimate of drug-likeness (QED) is 0.715. The molecule has 0 unspecified atom stereocenters. The Balaban J connectivity index is 1.87. The van der Waals surface area contributed by atoms with Crippen LogP contribution in [0, 0.1) is 0 Å². The minimum Gasteiger partial charge on any atom is -0.493 e. The van der Waals surface area contributed by atoms with E-state index in [4.69, 9.17) is 30.6 Å². The second-order valence-electron chi connectivity index (χ2n) is 5.07. The molecule has 25 heavy (non-hydrogen) atoms. The highest BCUT2D eigenvalue weighted by Crippen LogP contribution is 2.31. The summed E-state index contributed by atoms with van der Waals surface area (Å²) in [6, 6.07) is 12.4. The molecular formula is C18H14ClNO5. The van der Waals surface area contributed by atoms with Crippen LogP contribution < -0.4 is 9.47 Å². The number of hydrogen-bond acceptors (Lipinski definition) is 5. The fourth-order valence-corrected chi connectivity index (χ4v) is 2.42. The summed E-state index contributed by atoms with van der Waals surface area (Å²) in [6.07, 6.45) is 1.68. The molecule has 0 amide bonds. The van der Waals surface area contributed by atoms with Crippen molar-refractivity contribution in [2.75, 3.05) is 13.7 Å². The van der Waals surface area contributed by atoms with Gasteiger partial charge in [0.05, 0.1) is 7.11 Å². The molecule has 1 N–H and O–H groups in total. The lowest BCUT2D eigenvalue weighted by Gasteiger charge is -2.09. The highest BCUT2D eigenvalue weighted by molar-refractivity contribution is 6.50. The Bertz CT molecular complexity index is 915. The van der Waals surface area contributed by atoms with Crippen LogP contribution in [0.3, 0.4) is 0 Å². The van der Waals surface area contributed by atoms with Gasteiger partial charge in [-0.1, -0.05) is 29.8 Å². The molecule has 0 bridgehead atoms. The molecule has 0 aliphatic carbocycles. The number of carbonyl (C=O) groups is 1. The lowest BCUT2D eigenvalue weighted by atomic mass is 10.2. The molecule has 0 atom stereocenters. The maximum Gasteiger partial charge on any atom is 0.341 e. The minimum absolute atomic E-state index is 0.313. The molecule has 0 saturated heterocycles. The topological polar surface area (TPSA) is 81.8 Å². The first-order chi connectivity index (χ1) is 12.1. The molecule has 0 spiro atoms. The standard InChI is InChI=1S/C18H14ClNO5/c1-23-16-9-11(6-7-15(16)24-10-17(21)22)8-12(19)18-20-13-4-2-3-5-14(13)25-18/h2-9H,10H2,1H3,(H,21,22)/b12-8-. The number of methoxy groups -OCH3 is 1. The highest BCUT2D eigenvalue weighted by atomic mass is 35.5. The molecular weight excluding hydrogens is 346 g/mol. The third kappa shape index (κ3) is 3.92. The van der Waals surface area contributed by atoms with Gasteiger partial charge in [-0.2, -0.15) is 0 Å². The number of ether oxygens (including phenoxy) is 2. The van der Waals surface area contributed by atoms with Crippen LogP contribution in [0.5, 0.6) is 11.5 Å². The molecule has 1 heterocycles. The second kappa shape index (κ2) is 7.27. The van der Waals surface area contributed by atoms with Gasteiger partial charge in [0.2, 0.25) is 5.89 Å². The number of benzene rings is 2. The molecule has 0 aliphatic heterocycles. The van der Waals surface area contributed by atoms with Crippen molar-refractivity contribution >= 4 is 39.8 Å². The summed E-state index contributed by atoms with van der Waals surface area (Å²) in [7, 11) is 1.47. The molecule has 3 aromatic rings. The van der Waals surface area contributed by atoms with Crippen LogP contribution in [0.1, 0.15) is 11.5 Å². The van der Waals surface area contributed by atoms with Crippen LogP contribution in [-0.4, -0.2) is 29.8 Å². The maximum atomic E-state index is 10.6. The number of aliphatic carboxylic acids is 1. The van der Waals surface area contributed by atoms with Crippen LogP contribution in [0.25, 0.3) is 22.2 Å². The predicted octanol–water partition coefficient (Wildman–Crippen LogP) is 4.04. The van der Waals surface area contributed by atoms with Gasteiger partial charge < -0.3 is 19.0 Å². The van der Waals surface area contributed by atoms with E-state index >= 15 is 0 Å². The Hall–Kier alpha value is -2.99. The predicted molar refractivity (Wildman–Crippen MR) is 93.9 cm³/mol. The van der Waals surface area contributed by atoms with Crippen LogP contribution in [0.15, 0.2) is 46.9 Å². The van der Waals surface area contributed by atoms with Crippen LogP contribution >= 0.6 is 11.6 Å². The molecule has 1 aromatic heterocycles. The number of nitrogens with zero attached hydrogens (tertiary/aromatic N) is 1. The first kappa shape index (κ1) is 16.9. The van der Waals surface area contributed by atoms with E-state index in [2.05, 4.69) is 4.98 Å². The van der Waals surface area contributed by atoms with Crippen LogP contribution in [0.2, 0.25) is 0 Å². The van der Waals surface area contributed by atoms with E-state index in [0.29, 0.717) is 28.0 Å². The minimum atomic E-state index is -1.06. The lowest BCUT2D eigenvalue weighted by Crippen LogP contribution is -2.10. The van der Waals surface area contributed by atoms with E-state index in [1.165, 1.54) is 7.11 Å². The zero-order valence-electron chi connectivity index (χ0n) is 13.2. The monoisotopic (exact) mass is 359 g/mol. The van der Waals surface area contributed by atoms with Crippen molar-refractivity contribution in [2.24, 2.45) is 0 Å². The van der Waals surface area contributed by atoms with Gasteiger partial charge >= 0.3 is 5.97 Å². The van der Waals surface area contributed by atoms with Crippen molar-refractivity contribution in [3.05, 3.63) is 53.9 Å². The Morgan fingerprint density at radius 1 is 1.28 bits per heavy atom. The summed E-state index contributed by atoms with van der Waals surface area (Å²) in [4.78, 5) is 14.9. The number of para-hydroxylation sites is 2. The molecule has 0 fully saturated rings. The van der Waals surface area contributed by atoms with E-state index < -0.39 is 12.6 Å². The van der Waals surface area contributed by atoms with Crippen molar-refractivity contribution in [1.29, 1.82) is 0 Å². The molecule has 3 rings (SSSR count). The fraction of sp³-hybridized carbons (Fsp3) is 0.111. The first-order valence-electron chi connectivity index (χ1n) is 7.32. The van der Waals surface area contributed by atoms with Crippen LogP contribution in [-0.2, 0) is 4.79 Å². The number of carboxylic acid groups (broad SMARTS) is 1. The average Bonchev–Trinajstić information content (AvgIpc) is 3.04. The summed E-state index contributed by atoms with van der Waals surface area (Å²) in [5, 5.41) is 9.02.